The van der Waals surface area contributed by atoms with Crippen LogP contribution in [0.5, 0.6) is 11.5 Å². The molecule has 3 N–H and O–H groups in total. The van der Waals surface area contributed by atoms with Gasteiger partial charge in [0.1, 0.15) is 16.1 Å². The summed E-state index contributed by atoms with van der Waals surface area (Å²) in [7, 11) is 1.58. The van der Waals surface area contributed by atoms with Gasteiger partial charge in [0.25, 0.3) is 0 Å². The summed E-state index contributed by atoms with van der Waals surface area (Å²) in [5, 5.41) is 12.3. The first-order valence-corrected chi connectivity index (χ1v) is 9.79. The third-order valence-corrected chi connectivity index (χ3v) is 4.83. The van der Waals surface area contributed by atoms with Crippen LogP contribution in [0.1, 0.15) is 36.8 Å². The van der Waals surface area contributed by atoms with Crippen molar-refractivity contribution in [2.24, 2.45) is 10.9 Å². The van der Waals surface area contributed by atoms with Gasteiger partial charge < -0.3 is 25.2 Å². The van der Waals surface area contributed by atoms with Gasteiger partial charge in [-0.2, -0.15) is 0 Å². The van der Waals surface area contributed by atoms with Gasteiger partial charge in [0.2, 0.25) is 0 Å². The van der Waals surface area contributed by atoms with Crippen molar-refractivity contribution in [3.8, 4) is 11.5 Å². The molecule has 0 unspecified atom stereocenters. The average molecular weight is 438 g/mol. The number of hydrogen-bond acceptors (Lipinski definition) is 6. The Balaban J connectivity index is 2.01. The van der Waals surface area contributed by atoms with Crippen molar-refractivity contribution in [1.29, 1.82) is 0 Å². The fourth-order valence-electron chi connectivity index (χ4n) is 3.13. The van der Waals surface area contributed by atoms with Crippen molar-refractivity contribution in [2.75, 3.05) is 7.11 Å². The van der Waals surface area contributed by atoms with Crippen LogP contribution >= 0.6 is 23.2 Å². The molecule has 1 aromatic carbocycles. The highest BCUT2D eigenvalue weighted by Gasteiger charge is 2.19. The van der Waals surface area contributed by atoms with Crippen molar-refractivity contribution in [2.45, 2.75) is 31.8 Å². The zero-order valence-electron chi connectivity index (χ0n) is 15.8. The number of hydrogen-bond donors (Lipinski definition) is 2. The van der Waals surface area contributed by atoms with Gasteiger partial charge in [0.15, 0.2) is 11.5 Å². The van der Waals surface area contributed by atoms with Crippen molar-refractivity contribution in [3.63, 3.8) is 0 Å². The molecule has 0 radical (unpaired) electrons. The van der Waals surface area contributed by atoms with Crippen molar-refractivity contribution in [3.05, 3.63) is 51.8 Å². The first-order valence-electron chi connectivity index (χ1n) is 9.03. The second kappa shape index (κ2) is 9.71. The van der Waals surface area contributed by atoms with E-state index in [4.69, 9.17) is 48.4 Å². The van der Waals surface area contributed by atoms with E-state index in [2.05, 4.69) is 10.1 Å². The van der Waals surface area contributed by atoms with Gasteiger partial charge >= 0.3 is 6.02 Å². The molecule has 0 amide bonds. The van der Waals surface area contributed by atoms with Gasteiger partial charge in [-0.05, 0) is 72.8 Å². The first kappa shape index (κ1) is 21.1. The van der Waals surface area contributed by atoms with Gasteiger partial charge in [0, 0.05) is 5.56 Å². The quantitative estimate of drug-likeness (QED) is 0.166. The Morgan fingerprint density at radius 3 is 2.48 bits per heavy atom. The van der Waals surface area contributed by atoms with Crippen LogP contribution in [0.15, 0.2) is 35.5 Å². The van der Waals surface area contributed by atoms with Crippen LogP contribution in [0.4, 0.5) is 0 Å². The molecule has 1 fully saturated rings. The number of aromatic nitrogens is 1. The molecule has 3 rings (SSSR count). The van der Waals surface area contributed by atoms with Crippen LogP contribution in [-0.2, 0) is 4.74 Å². The van der Waals surface area contributed by atoms with Gasteiger partial charge in [-0.15, -0.1) is 0 Å². The first-order chi connectivity index (χ1) is 14.0. The molecule has 0 bridgehead atoms. The molecular formula is C20H21Cl2N3O4. The van der Waals surface area contributed by atoms with E-state index in [0.717, 1.165) is 25.7 Å². The van der Waals surface area contributed by atoms with Crippen molar-refractivity contribution < 1.29 is 19.4 Å². The Labute approximate surface area is 178 Å². The predicted molar refractivity (Wildman–Crippen MR) is 112 cm³/mol. The van der Waals surface area contributed by atoms with E-state index in [1.165, 1.54) is 0 Å². The minimum atomic E-state index is -0.420. The molecule has 1 saturated carbocycles. The normalized spacial score (nSPS) is 15.4. The van der Waals surface area contributed by atoms with Crippen LogP contribution in [0.2, 0.25) is 10.3 Å². The number of nitrogens with two attached hydrogens (primary N) is 1. The van der Waals surface area contributed by atoms with E-state index in [1.54, 1.807) is 43.5 Å². The molecule has 1 aliphatic rings. The maximum Gasteiger partial charge on any atom is 0.326 e. The lowest BCUT2D eigenvalue weighted by atomic mass is 10.1. The second-order valence-electron chi connectivity index (χ2n) is 6.48. The summed E-state index contributed by atoms with van der Waals surface area (Å²) in [6.07, 6.45) is 6.10. The Kier molecular flexibility index (Phi) is 7.06. The van der Waals surface area contributed by atoms with Crippen LogP contribution in [0, 0.1) is 0 Å². The summed E-state index contributed by atoms with van der Waals surface area (Å²) in [5.74, 6) is 1.51. The summed E-state index contributed by atoms with van der Waals surface area (Å²) in [6, 6.07) is 8.15. The van der Waals surface area contributed by atoms with E-state index in [0.29, 0.717) is 28.4 Å². The topological polar surface area (TPSA) is 99.2 Å². The zero-order valence-corrected chi connectivity index (χ0v) is 17.3. The SMILES string of the molecule is COc1ccc(C(=Cc2cc(Cl)nc(Cl)c2)OC(N)=NO)cc1OC1CCCC1. The van der Waals surface area contributed by atoms with Crippen molar-refractivity contribution >= 4 is 41.1 Å². The van der Waals surface area contributed by atoms with Gasteiger partial charge in [-0.1, -0.05) is 23.2 Å². The standard InChI is InChI=1S/C20H21Cl2N3O4/c1-27-15-7-6-13(11-17(15)28-14-4-2-3-5-14)16(29-20(23)25-26)8-12-9-18(21)24-19(22)10-12/h6-11,14,26H,2-5H2,1H3,(H2,23,25). The molecule has 7 nitrogen and oxygen atoms in total. The number of pyridine rings is 1. The maximum absolute atomic E-state index is 8.93. The van der Waals surface area contributed by atoms with E-state index >= 15 is 0 Å². The largest absolute Gasteiger partial charge is 0.493 e. The molecule has 154 valence electrons. The molecular weight excluding hydrogens is 417 g/mol. The highest BCUT2D eigenvalue weighted by Crippen LogP contribution is 2.35. The molecule has 1 aliphatic carbocycles. The average Bonchev–Trinajstić information content (AvgIpc) is 3.19. The Hall–Kier alpha value is -2.64. The monoisotopic (exact) mass is 437 g/mol. The number of methoxy groups -OCH3 is 1. The van der Waals surface area contributed by atoms with Crippen LogP contribution in [0.3, 0.4) is 0 Å². The maximum atomic E-state index is 8.93. The molecule has 0 spiro atoms. The molecule has 0 saturated heterocycles. The van der Waals surface area contributed by atoms with Gasteiger partial charge in [0.05, 0.1) is 13.2 Å². The minimum Gasteiger partial charge on any atom is -0.493 e. The van der Waals surface area contributed by atoms with Crippen LogP contribution in [0.25, 0.3) is 11.8 Å². The number of rotatable bonds is 6. The van der Waals surface area contributed by atoms with Crippen molar-refractivity contribution in [1.82, 2.24) is 4.98 Å². The summed E-state index contributed by atoms with van der Waals surface area (Å²) >= 11 is 12.0. The number of oxime groups is 1. The predicted octanol–water partition coefficient (Wildman–Crippen LogP) is 4.94. The van der Waals surface area contributed by atoms with Gasteiger partial charge in [-0.3, -0.25) is 0 Å². The highest BCUT2D eigenvalue weighted by molar-refractivity contribution is 6.32. The van der Waals surface area contributed by atoms with Crippen LogP contribution in [-0.4, -0.2) is 29.4 Å². The lowest BCUT2D eigenvalue weighted by Crippen LogP contribution is -2.15. The second-order valence-corrected chi connectivity index (χ2v) is 7.26. The number of benzene rings is 1. The highest BCUT2D eigenvalue weighted by atomic mass is 35.5. The number of amidine groups is 1. The molecule has 1 heterocycles. The van der Waals surface area contributed by atoms with E-state index in [9.17, 15) is 0 Å². The lowest BCUT2D eigenvalue weighted by Gasteiger charge is -2.17. The van der Waals surface area contributed by atoms with E-state index in [-0.39, 0.29) is 16.4 Å². The number of nitrogens with zero attached hydrogens (tertiary/aromatic N) is 2. The Morgan fingerprint density at radius 1 is 1.17 bits per heavy atom. The summed E-state index contributed by atoms with van der Waals surface area (Å²) < 4.78 is 17.1. The Bertz CT molecular complexity index is 908. The third kappa shape index (κ3) is 5.68. The summed E-state index contributed by atoms with van der Waals surface area (Å²) in [6.45, 7) is 0. The summed E-state index contributed by atoms with van der Waals surface area (Å²) in [4.78, 5) is 3.92. The third-order valence-electron chi connectivity index (χ3n) is 4.44. The van der Waals surface area contributed by atoms with Crippen LogP contribution < -0.4 is 15.2 Å². The molecule has 29 heavy (non-hydrogen) atoms. The smallest absolute Gasteiger partial charge is 0.326 e. The fourth-order valence-corrected chi connectivity index (χ4v) is 3.61. The lowest BCUT2D eigenvalue weighted by molar-refractivity contribution is 0.200. The molecule has 1 aromatic heterocycles. The fraction of sp³-hybridized carbons (Fsp3) is 0.300. The van der Waals surface area contributed by atoms with Gasteiger partial charge in [-0.25, -0.2) is 4.98 Å². The Morgan fingerprint density at radius 2 is 1.86 bits per heavy atom. The number of halogens is 2. The molecule has 2 aromatic rings. The van der Waals surface area contributed by atoms with E-state index in [1.807, 2.05) is 0 Å². The molecule has 0 atom stereocenters. The van der Waals surface area contributed by atoms with E-state index < -0.39 is 6.02 Å². The number of ether oxygens (including phenoxy) is 3. The minimum absolute atomic E-state index is 0.148. The zero-order chi connectivity index (χ0) is 20.8. The molecule has 9 heteroatoms. The molecule has 0 aliphatic heterocycles. The summed E-state index contributed by atoms with van der Waals surface area (Å²) in [5.41, 5.74) is 6.83.